The number of hydrogen-bond donors (Lipinski definition) is 0. The summed E-state index contributed by atoms with van der Waals surface area (Å²) < 4.78 is 1.29. The summed E-state index contributed by atoms with van der Waals surface area (Å²) in [6.45, 7) is 4.28. The predicted octanol–water partition coefficient (Wildman–Crippen LogP) is 4.43. The van der Waals surface area contributed by atoms with E-state index in [0.29, 0.717) is 0 Å². The molecule has 2 heteroatoms. The Morgan fingerprint density at radius 3 is 2.85 bits per heavy atom. The Bertz CT molecular complexity index is 443. The molecule has 1 aromatic carbocycles. The Balaban J connectivity index is 2.77. The Morgan fingerprint density at radius 2 is 2.15 bits per heavy atom. The molecule has 0 aliphatic rings. The van der Waals surface area contributed by atoms with Crippen LogP contribution in [-0.2, 0) is 6.42 Å². The van der Waals surface area contributed by atoms with E-state index in [2.05, 4.69) is 31.4 Å². The number of thiophene rings is 1. The minimum Gasteiger partial charge on any atom is -0.143 e. The Hall–Kier alpha value is -0.530. The van der Waals surface area contributed by atoms with Crippen LogP contribution in [0.2, 0.25) is 5.02 Å². The van der Waals surface area contributed by atoms with Gasteiger partial charge in [-0.15, -0.1) is 11.3 Å². The van der Waals surface area contributed by atoms with E-state index in [9.17, 15) is 0 Å². The molecule has 0 aliphatic heterocycles. The third kappa shape index (κ3) is 1.47. The first-order valence-corrected chi connectivity index (χ1v) is 5.64. The van der Waals surface area contributed by atoms with E-state index in [4.69, 9.17) is 11.6 Å². The van der Waals surface area contributed by atoms with Crippen molar-refractivity contribution in [1.82, 2.24) is 0 Å². The van der Waals surface area contributed by atoms with Crippen LogP contribution < -0.4 is 0 Å². The first-order chi connectivity index (χ1) is 6.22. The molecule has 1 heterocycles. The average molecular weight is 211 g/mol. The van der Waals surface area contributed by atoms with Gasteiger partial charge in [0.05, 0.1) is 0 Å². The van der Waals surface area contributed by atoms with E-state index in [1.54, 1.807) is 11.3 Å². The van der Waals surface area contributed by atoms with E-state index in [1.165, 1.54) is 21.2 Å². The summed E-state index contributed by atoms with van der Waals surface area (Å²) in [5.74, 6) is 0. The van der Waals surface area contributed by atoms with Crippen molar-refractivity contribution < 1.29 is 0 Å². The SMILES string of the molecule is CCc1cc2c(C)csc2cc1Cl. The topological polar surface area (TPSA) is 0 Å². The molecule has 0 atom stereocenters. The highest BCUT2D eigenvalue weighted by Gasteiger charge is 2.04. The van der Waals surface area contributed by atoms with Crippen LogP contribution in [0.25, 0.3) is 10.1 Å². The van der Waals surface area contributed by atoms with Crippen LogP contribution in [0, 0.1) is 6.92 Å². The summed E-state index contributed by atoms with van der Waals surface area (Å²) in [5, 5.41) is 4.43. The maximum atomic E-state index is 6.12. The summed E-state index contributed by atoms with van der Waals surface area (Å²) in [7, 11) is 0. The number of fused-ring (bicyclic) bond motifs is 1. The normalized spacial score (nSPS) is 11.0. The van der Waals surface area contributed by atoms with Gasteiger partial charge in [0.25, 0.3) is 0 Å². The van der Waals surface area contributed by atoms with Crippen molar-refractivity contribution in [3.63, 3.8) is 0 Å². The maximum absolute atomic E-state index is 6.12. The summed E-state index contributed by atoms with van der Waals surface area (Å²) >= 11 is 7.88. The van der Waals surface area contributed by atoms with Crippen molar-refractivity contribution in [3.05, 3.63) is 33.7 Å². The highest BCUT2D eigenvalue weighted by atomic mass is 35.5. The highest BCUT2D eigenvalue weighted by molar-refractivity contribution is 7.17. The van der Waals surface area contributed by atoms with Gasteiger partial charge in [-0.3, -0.25) is 0 Å². The summed E-state index contributed by atoms with van der Waals surface area (Å²) in [6, 6.07) is 4.29. The smallest absolute Gasteiger partial charge is 0.0452 e. The minimum atomic E-state index is 0.900. The van der Waals surface area contributed by atoms with E-state index in [-0.39, 0.29) is 0 Å². The lowest BCUT2D eigenvalue weighted by Gasteiger charge is -2.01. The molecule has 0 saturated carbocycles. The van der Waals surface area contributed by atoms with Crippen LogP contribution in [0.3, 0.4) is 0 Å². The fraction of sp³-hybridized carbons (Fsp3) is 0.273. The van der Waals surface area contributed by atoms with Crippen molar-refractivity contribution in [2.45, 2.75) is 20.3 Å². The van der Waals surface area contributed by atoms with Gasteiger partial charge >= 0.3 is 0 Å². The van der Waals surface area contributed by atoms with Gasteiger partial charge in [-0.25, -0.2) is 0 Å². The molecule has 0 nitrogen and oxygen atoms in total. The number of hydrogen-bond acceptors (Lipinski definition) is 1. The van der Waals surface area contributed by atoms with Crippen LogP contribution in [0.4, 0.5) is 0 Å². The first-order valence-electron chi connectivity index (χ1n) is 4.38. The fourth-order valence-corrected chi connectivity index (χ4v) is 2.82. The van der Waals surface area contributed by atoms with Crippen LogP contribution in [0.15, 0.2) is 17.5 Å². The molecule has 0 aliphatic carbocycles. The fourth-order valence-electron chi connectivity index (χ4n) is 1.49. The van der Waals surface area contributed by atoms with Gasteiger partial charge in [-0.1, -0.05) is 18.5 Å². The maximum Gasteiger partial charge on any atom is 0.0452 e. The lowest BCUT2D eigenvalue weighted by molar-refractivity contribution is 1.15. The number of halogens is 1. The molecule has 0 N–H and O–H groups in total. The quantitative estimate of drug-likeness (QED) is 0.654. The zero-order valence-electron chi connectivity index (χ0n) is 7.73. The number of benzene rings is 1. The Morgan fingerprint density at radius 1 is 1.38 bits per heavy atom. The van der Waals surface area contributed by atoms with E-state index < -0.39 is 0 Å². The molecule has 0 fully saturated rings. The van der Waals surface area contributed by atoms with E-state index in [0.717, 1.165) is 11.4 Å². The monoisotopic (exact) mass is 210 g/mol. The molecule has 2 aromatic rings. The van der Waals surface area contributed by atoms with Crippen LogP contribution >= 0.6 is 22.9 Å². The molecule has 68 valence electrons. The molecular formula is C11H11ClS. The zero-order chi connectivity index (χ0) is 9.42. The molecule has 0 unspecified atom stereocenters. The van der Waals surface area contributed by atoms with Gasteiger partial charge in [0.15, 0.2) is 0 Å². The second-order valence-electron chi connectivity index (χ2n) is 3.21. The molecule has 0 spiro atoms. The lowest BCUT2D eigenvalue weighted by Crippen LogP contribution is -1.81. The molecule has 0 bridgehead atoms. The second kappa shape index (κ2) is 3.32. The summed E-state index contributed by atoms with van der Waals surface area (Å²) in [6.07, 6.45) is 1.00. The molecule has 0 saturated heterocycles. The molecule has 2 rings (SSSR count). The number of rotatable bonds is 1. The highest BCUT2D eigenvalue weighted by Crippen LogP contribution is 2.30. The Kier molecular flexibility index (Phi) is 2.31. The van der Waals surface area contributed by atoms with Gasteiger partial charge in [0.2, 0.25) is 0 Å². The van der Waals surface area contributed by atoms with Gasteiger partial charge in [-0.05, 0) is 47.4 Å². The molecule has 0 radical (unpaired) electrons. The van der Waals surface area contributed by atoms with E-state index in [1.807, 2.05) is 0 Å². The Labute approximate surface area is 87.2 Å². The van der Waals surface area contributed by atoms with Crippen molar-refractivity contribution >= 4 is 33.0 Å². The largest absolute Gasteiger partial charge is 0.143 e. The van der Waals surface area contributed by atoms with Gasteiger partial charge in [0, 0.05) is 9.72 Å². The van der Waals surface area contributed by atoms with Gasteiger partial charge in [-0.2, -0.15) is 0 Å². The van der Waals surface area contributed by atoms with Crippen molar-refractivity contribution in [1.29, 1.82) is 0 Å². The van der Waals surface area contributed by atoms with Gasteiger partial charge < -0.3 is 0 Å². The average Bonchev–Trinajstić information content (AvgIpc) is 2.46. The third-order valence-corrected chi connectivity index (χ3v) is 3.73. The predicted molar refractivity (Wildman–Crippen MR) is 61.0 cm³/mol. The number of aryl methyl sites for hydroxylation is 2. The second-order valence-corrected chi connectivity index (χ2v) is 4.53. The van der Waals surface area contributed by atoms with E-state index >= 15 is 0 Å². The van der Waals surface area contributed by atoms with Crippen LogP contribution in [0.1, 0.15) is 18.1 Å². The molecule has 0 amide bonds. The van der Waals surface area contributed by atoms with Crippen molar-refractivity contribution in [2.75, 3.05) is 0 Å². The summed E-state index contributed by atoms with van der Waals surface area (Å²) in [5.41, 5.74) is 2.60. The van der Waals surface area contributed by atoms with Crippen molar-refractivity contribution in [3.8, 4) is 0 Å². The zero-order valence-corrected chi connectivity index (χ0v) is 9.30. The first kappa shape index (κ1) is 9.04. The summed E-state index contributed by atoms with van der Waals surface area (Å²) in [4.78, 5) is 0. The van der Waals surface area contributed by atoms with Crippen LogP contribution in [0.5, 0.6) is 0 Å². The minimum absolute atomic E-state index is 0.900. The van der Waals surface area contributed by atoms with Gasteiger partial charge in [0.1, 0.15) is 0 Å². The van der Waals surface area contributed by atoms with Crippen LogP contribution in [-0.4, -0.2) is 0 Å². The molecule has 1 aromatic heterocycles. The molecule has 13 heavy (non-hydrogen) atoms. The van der Waals surface area contributed by atoms with Crippen molar-refractivity contribution in [2.24, 2.45) is 0 Å². The molecular weight excluding hydrogens is 200 g/mol. The lowest BCUT2D eigenvalue weighted by atomic mass is 10.1. The standard InChI is InChI=1S/C11H11ClS/c1-3-8-4-9-7(2)6-13-11(9)5-10(8)12/h4-6H,3H2,1-2H3. The third-order valence-electron chi connectivity index (χ3n) is 2.32.